The third-order valence-electron chi connectivity index (χ3n) is 8.76. The number of phosphoric ester groups is 1. The van der Waals surface area contributed by atoms with Crippen LogP contribution in [-0.4, -0.2) is 63.5 Å². The predicted molar refractivity (Wildman–Crippen MR) is 237 cm³/mol. The van der Waals surface area contributed by atoms with E-state index in [9.17, 15) is 24.4 Å². The Morgan fingerprint density at radius 1 is 0.569 bits per heavy atom. The molecule has 0 heterocycles. The van der Waals surface area contributed by atoms with Crippen molar-refractivity contribution in [1.29, 1.82) is 0 Å². The number of aliphatic hydroxyl groups excluding tert-OH is 2. The fraction of sp³-hybridized carbons (Fsp3) is 0.617. The molecule has 0 amide bonds. The second-order valence-electron chi connectivity index (χ2n) is 14.3. The van der Waals surface area contributed by atoms with Gasteiger partial charge in [-0.2, -0.15) is 0 Å². The highest BCUT2D eigenvalue weighted by Gasteiger charge is 2.22. The average Bonchev–Trinajstić information content (AvgIpc) is 3.18. The van der Waals surface area contributed by atoms with Crippen molar-refractivity contribution in [2.24, 2.45) is 0 Å². The van der Waals surface area contributed by atoms with Crippen LogP contribution in [0.5, 0.6) is 0 Å². The fourth-order valence-corrected chi connectivity index (χ4v) is 5.86. The van der Waals surface area contributed by atoms with Crippen molar-refractivity contribution in [2.75, 3.05) is 13.2 Å². The van der Waals surface area contributed by atoms with Gasteiger partial charge in [0.25, 0.3) is 0 Å². The van der Waals surface area contributed by atoms with Gasteiger partial charge in [-0.15, -0.1) is 0 Å². The van der Waals surface area contributed by atoms with Crippen LogP contribution in [0.3, 0.4) is 0 Å². The summed E-state index contributed by atoms with van der Waals surface area (Å²) in [5, 5.41) is 19.9. The normalized spacial score (nSPS) is 14.5. The Kier molecular flexibility index (Phi) is 38.5. The number of aliphatic hydroxyl groups is 2. The van der Waals surface area contributed by atoms with E-state index in [4.69, 9.17) is 19.3 Å². The van der Waals surface area contributed by atoms with Crippen LogP contribution in [0, 0.1) is 0 Å². The molecule has 330 valence electrons. The number of carbonyl (C=O) groups excluding carboxylic acids is 2. The van der Waals surface area contributed by atoms with Crippen molar-refractivity contribution < 1.29 is 48.2 Å². The number of phosphoric acid groups is 1. The minimum atomic E-state index is -4.81. The lowest BCUT2D eigenvalue weighted by Crippen LogP contribution is -2.29. The molecular weight excluding hydrogens is 755 g/mol. The summed E-state index contributed by atoms with van der Waals surface area (Å²) >= 11 is 0. The molecule has 4 N–H and O–H groups in total. The number of hydrogen-bond donors (Lipinski definition) is 4. The van der Waals surface area contributed by atoms with Gasteiger partial charge >= 0.3 is 19.8 Å². The van der Waals surface area contributed by atoms with Gasteiger partial charge in [0, 0.05) is 12.8 Å². The molecule has 11 heteroatoms. The van der Waals surface area contributed by atoms with Crippen LogP contribution < -0.4 is 0 Å². The highest BCUT2D eigenvalue weighted by molar-refractivity contribution is 7.46. The van der Waals surface area contributed by atoms with Gasteiger partial charge in [0.05, 0.1) is 18.8 Å². The van der Waals surface area contributed by atoms with E-state index in [1.807, 2.05) is 42.5 Å². The van der Waals surface area contributed by atoms with Crippen molar-refractivity contribution in [2.45, 2.75) is 173 Å². The molecule has 0 aliphatic heterocycles. The van der Waals surface area contributed by atoms with E-state index in [0.29, 0.717) is 32.1 Å². The van der Waals surface area contributed by atoms with Crippen LogP contribution in [0.25, 0.3) is 0 Å². The third kappa shape index (κ3) is 42.5. The Bertz CT molecular complexity index is 1290. The van der Waals surface area contributed by atoms with E-state index in [1.54, 1.807) is 30.4 Å². The first-order chi connectivity index (χ1) is 28.1. The van der Waals surface area contributed by atoms with Crippen LogP contribution in [0.1, 0.15) is 155 Å². The van der Waals surface area contributed by atoms with Crippen molar-refractivity contribution in [3.63, 3.8) is 0 Å². The third-order valence-corrected chi connectivity index (χ3v) is 9.25. The summed E-state index contributed by atoms with van der Waals surface area (Å²) in [4.78, 5) is 42.9. The van der Waals surface area contributed by atoms with Crippen molar-refractivity contribution in [1.82, 2.24) is 0 Å². The molecule has 0 rings (SSSR count). The van der Waals surface area contributed by atoms with Gasteiger partial charge in [-0.3, -0.25) is 14.1 Å². The maximum absolute atomic E-state index is 12.4. The van der Waals surface area contributed by atoms with E-state index >= 15 is 0 Å². The minimum Gasteiger partial charge on any atom is -0.462 e. The lowest BCUT2D eigenvalue weighted by molar-refractivity contribution is -0.161. The van der Waals surface area contributed by atoms with E-state index in [2.05, 4.69) is 42.7 Å². The molecule has 0 spiro atoms. The number of allylic oxidation sites excluding steroid dienone is 12. The molecule has 10 nitrogen and oxygen atoms in total. The molecule has 0 aromatic carbocycles. The maximum Gasteiger partial charge on any atom is 0.469 e. The summed E-state index contributed by atoms with van der Waals surface area (Å²) in [5.41, 5.74) is 0. The summed E-state index contributed by atoms with van der Waals surface area (Å²) in [7, 11) is -4.81. The summed E-state index contributed by atoms with van der Waals surface area (Å²) in [6.07, 6.45) is 49.1. The Balaban J connectivity index is 4.17. The summed E-state index contributed by atoms with van der Waals surface area (Å²) in [6, 6.07) is 0. The number of esters is 2. The van der Waals surface area contributed by atoms with Crippen molar-refractivity contribution >= 4 is 19.8 Å². The van der Waals surface area contributed by atoms with Crippen LogP contribution in [0.15, 0.2) is 97.2 Å². The van der Waals surface area contributed by atoms with Crippen LogP contribution in [0.4, 0.5) is 0 Å². The molecular formula is C47H77O10P. The molecule has 0 saturated carbocycles. The Morgan fingerprint density at radius 3 is 1.78 bits per heavy atom. The standard InChI is InChI=1S/C47H77O10P/c1-3-5-7-8-9-10-11-12-13-14-15-16-17-18-19-20-24-27-33-40-47(51)57-45(42-56-58(52,53)54)41-55-46(50)39-34-28-32-38-44(49)37-31-26-23-21-22-25-30-36-43(48)35-29-6-4-2/h6,9-10,12-13,22-23,25-26,29-32,36-38,43-45,48-49H,3-5,7-8,11,14-21,24,27-28,33-35,39-42H2,1-2H3,(H2,52,53,54)/b10-9-,13-12-,25-22-,26-23-,29-6-,36-30+,37-31+,38-32-/t43-,44-,45-/m1/s1. The maximum atomic E-state index is 12.4. The van der Waals surface area contributed by atoms with Crippen LogP contribution in [0.2, 0.25) is 0 Å². The predicted octanol–water partition coefficient (Wildman–Crippen LogP) is 11.3. The first-order valence-electron chi connectivity index (χ1n) is 21.8. The van der Waals surface area contributed by atoms with Crippen molar-refractivity contribution in [3.05, 3.63) is 97.2 Å². The second kappa shape index (κ2) is 40.7. The van der Waals surface area contributed by atoms with Gasteiger partial charge in [0.1, 0.15) is 6.61 Å². The van der Waals surface area contributed by atoms with E-state index < -0.39 is 44.7 Å². The quantitative estimate of drug-likeness (QED) is 0.0155. The van der Waals surface area contributed by atoms with Gasteiger partial charge in [-0.1, -0.05) is 169 Å². The van der Waals surface area contributed by atoms with Gasteiger partial charge < -0.3 is 29.5 Å². The second-order valence-corrected chi connectivity index (χ2v) is 15.6. The zero-order chi connectivity index (χ0) is 42.8. The SMILES string of the molecule is CC/C=C\C[C@@H](O)/C=C/C=C\C/C=C\C=C\[C@@H](O)/C=C\CCCC(=O)OC[C@H](COP(=O)(O)O)OC(=O)CCCCCCCCCCC/C=C\C/C=C\CCCCC. The lowest BCUT2D eigenvalue weighted by Gasteiger charge is -2.18. The van der Waals surface area contributed by atoms with E-state index in [1.165, 1.54) is 57.8 Å². The zero-order valence-electron chi connectivity index (χ0n) is 35.6. The lowest BCUT2D eigenvalue weighted by atomic mass is 10.1. The number of carbonyl (C=O) groups is 2. The highest BCUT2D eigenvalue weighted by Crippen LogP contribution is 2.36. The number of rotatable bonds is 38. The van der Waals surface area contributed by atoms with Crippen LogP contribution in [-0.2, 0) is 28.2 Å². The summed E-state index contributed by atoms with van der Waals surface area (Å²) in [6.45, 7) is 3.30. The Hall–Kier alpha value is -3.11. The topological polar surface area (TPSA) is 160 Å². The highest BCUT2D eigenvalue weighted by atomic mass is 31.2. The average molecular weight is 833 g/mol. The van der Waals surface area contributed by atoms with Crippen LogP contribution >= 0.6 is 7.82 Å². The largest absolute Gasteiger partial charge is 0.469 e. The van der Waals surface area contributed by atoms with Gasteiger partial charge in [-0.25, -0.2) is 4.57 Å². The Labute approximate surface area is 350 Å². The monoisotopic (exact) mass is 833 g/mol. The first kappa shape index (κ1) is 54.9. The smallest absolute Gasteiger partial charge is 0.462 e. The first-order valence-corrected chi connectivity index (χ1v) is 23.3. The summed E-state index contributed by atoms with van der Waals surface area (Å²) in [5.74, 6) is -1.08. The van der Waals surface area contributed by atoms with E-state index in [0.717, 1.165) is 38.5 Å². The van der Waals surface area contributed by atoms with Gasteiger partial charge in [0.15, 0.2) is 6.10 Å². The molecule has 0 aromatic rings. The van der Waals surface area contributed by atoms with Gasteiger partial charge in [-0.05, 0) is 70.6 Å². The molecule has 0 fully saturated rings. The number of unbranched alkanes of at least 4 members (excludes halogenated alkanes) is 13. The number of ether oxygens (including phenoxy) is 2. The minimum absolute atomic E-state index is 0.0747. The Morgan fingerprint density at radius 2 is 1.14 bits per heavy atom. The molecule has 0 unspecified atom stereocenters. The van der Waals surface area contributed by atoms with Crippen molar-refractivity contribution in [3.8, 4) is 0 Å². The molecule has 0 bridgehead atoms. The molecule has 0 radical (unpaired) electrons. The molecule has 58 heavy (non-hydrogen) atoms. The van der Waals surface area contributed by atoms with Gasteiger partial charge in [0.2, 0.25) is 0 Å². The molecule has 0 saturated heterocycles. The molecule has 0 aliphatic rings. The zero-order valence-corrected chi connectivity index (χ0v) is 36.5. The molecule has 3 atom stereocenters. The molecule has 0 aromatic heterocycles. The molecule has 0 aliphatic carbocycles. The number of hydrogen-bond acceptors (Lipinski definition) is 8. The van der Waals surface area contributed by atoms with E-state index in [-0.39, 0.29) is 19.4 Å². The fourth-order valence-electron chi connectivity index (χ4n) is 5.50. The summed E-state index contributed by atoms with van der Waals surface area (Å²) < 4.78 is 26.3.